The third-order valence-corrected chi connectivity index (χ3v) is 6.23. The van der Waals surface area contributed by atoms with Gasteiger partial charge in [-0.05, 0) is 36.4 Å². The Hall–Kier alpha value is -2.77. The smallest absolute Gasteiger partial charge is 0.221 e. The predicted molar refractivity (Wildman–Crippen MR) is 120 cm³/mol. The van der Waals surface area contributed by atoms with Gasteiger partial charge in [0.15, 0.2) is 17.5 Å². The third kappa shape index (κ3) is 6.02. The summed E-state index contributed by atoms with van der Waals surface area (Å²) in [5.41, 5.74) is 5.17. The summed E-state index contributed by atoms with van der Waals surface area (Å²) in [5.74, 6) is -4.69. The van der Waals surface area contributed by atoms with Gasteiger partial charge in [-0.3, -0.25) is 4.79 Å². The summed E-state index contributed by atoms with van der Waals surface area (Å²) >= 11 is 1.12. The third-order valence-electron chi connectivity index (χ3n) is 5.06. The Morgan fingerprint density at radius 1 is 1.15 bits per heavy atom. The maximum absolute atomic E-state index is 13.5. The maximum Gasteiger partial charge on any atom is 0.221 e. The number of ether oxygens (including phenoxy) is 1. The van der Waals surface area contributed by atoms with E-state index in [0.717, 1.165) is 18.0 Å². The molecule has 1 amide bonds. The van der Waals surface area contributed by atoms with Gasteiger partial charge in [0.2, 0.25) is 5.91 Å². The quantitative estimate of drug-likeness (QED) is 0.316. The fraction of sp³-hybridized carbons (Fsp3) is 0.318. The van der Waals surface area contributed by atoms with E-state index in [9.17, 15) is 33.3 Å². The van der Waals surface area contributed by atoms with Gasteiger partial charge in [-0.1, -0.05) is 11.8 Å². The Morgan fingerprint density at radius 3 is 2.32 bits per heavy atom. The number of halogens is 3. The highest BCUT2D eigenvalue weighted by Crippen LogP contribution is 2.34. The van der Waals surface area contributed by atoms with Crippen molar-refractivity contribution in [3.63, 3.8) is 0 Å². The van der Waals surface area contributed by atoms with E-state index in [1.807, 2.05) is 0 Å². The minimum absolute atomic E-state index is 0.149. The summed E-state index contributed by atoms with van der Waals surface area (Å²) in [6.45, 7) is 0.838. The van der Waals surface area contributed by atoms with Crippen LogP contribution in [0, 0.1) is 17.5 Å². The summed E-state index contributed by atoms with van der Waals surface area (Å²) in [4.78, 5) is 11.8. The van der Waals surface area contributed by atoms with Crippen LogP contribution in [0.3, 0.4) is 0 Å². The summed E-state index contributed by atoms with van der Waals surface area (Å²) in [5, 5.41) is 36.3. The lowest BCUT2D eigenvalue weighted by Crippen LogP contribution is -2.62. The zero-order valence-electron chi connectivity index (χ0n) is 17.9. The van der Waals surface area contributed by atoms with Crippen molar-refractivity contribution < 1.29 is 38.0 Å². The van der Waals surface area contributed by atoms with E-state index < -0.39 is 53.8 Å². The molecule has 1 fully saturated rings. The molecule has 0 saturated carbocycles. The lowest BCUT2D eigenvalue weighted by Gasteiger charge is -2.42. The van der Waals surface area contributed by atoms with Crippen molar-refractivity contribution in [3.8, 4) is 0 Å². The van der Waals surface area contributed by atoms with Gasteiger partial charge < -0.3 is 36.4 Å². The lowest BCUT2D eigenvalue weighted by molar-refractivity contribution is -0.164. The standard InChI is InChI=1S/C22H24F3N3O5S/c1-10(30)28-12-2-4-13(5-3-12)34-22-21(32)19(20(31)17(9-29)33-22)27-8-16(26)11-6-14(23)18(25)15(24)7-11/h2-8,17,19-22,27,29,31-32H,9,26H2,1H3,(H,28,30)/b16-8-. The van der Waals surface area contributed by atoms with E-state index in [1.165, 1.54) is 6.92 Å². The predicted octanol–water partition coefficient (Wildman–Crippen LogP) is 1.51. The maximum atomic E-state index is 13.5. The van der Waals surface area contributed by atoms with Crippen LogP contribution in [-0.2, 0) is 9.53 Å². The molecule has 0 spiro atoms. The van der Waals surface area contributed by atoms with Crippen LogP contribution in [0.25, 0.3) is 5.70 Å². The highest BCUT2D eigenvalue weighted by atomic mass is 32.2. The molecule has 0 aromatic heterocycles. The van der Waals surface area contributed by atoms with Crippen molar-refractivity contribution in [2.45, 2.75) is 41.6 Å². The van der Waals surface area contributed by atoms with Gasteiger partial charge in [-0.2, -0.15) is 0 Å². The summed E-state index contributed by atoms with van der Waals surface area (Å²) in [6, 6.07) is 7.07. The number of aliphatic hydroxyl groups excluding tert-OH is 3. The largest absolute Gasteiger partial charge is 0.397 e. The van der Waals surface area contributed by atoms with Crippen LogP contribution in [0.15, 0.2) is 47.5 Å². The van der Waals surface area contributed by atoms with Crippen molar-refractivity contribution in [2.24, 2.45) is 5.73 Å². The van der Waals surface area contributed by atoms with Gasteiger partial charge in [0.05, 0.1) is 18.3 Å². The molecule has 8 nitrogen and oxygen atoms in total. The number of thioether (sulfide) groups is 1. The molecule has 0 bridgehead atoms. The average Bonchev–Trinajstić information content (AvgIpc) is 2.79. The van der Waals surface area contributed by atoms with E-state index in [0.29, 0.717) is 22.7 Å². The lowest BCUT2D eigenvalue weighted by atomic mass is 9.97. The van der Waals surface area contributed by atoms with Crippen LogP contribution in [0.1, 0.15) is 12.5 Å². The van der Waals surface area contributed by atoms with E-state index in [4.69, 9.17) is 10.5 Å². The van der Waals surface area contributed by atoms with Gasteiger partial charge in [0.1, 0.15) is 23.7 Å². The van der Waals surface area contributed by atoms with E-state index in [-0.39, 0.29) is 17.2 Å². The van der Waals surface area contributed by atoms with E-state index >= 15 is 0 Å². The first-order valence-corrected chi connectivity index (χ1v) is 11.0. The van der Waals surface area contributed by atoms with Crippen molar-refractivity contribution in [2.75, 3.05) is 11.9 Å². The molecular weight excluding hydrogens is 475 g/mol. The Kier molecular flexibility index (Phi) is 8.44. The molecule has 2 aromatic carbocycles. The van der Waals surface area contributed by atoms with Crippen molar-refractivity contribution >= 4 is 29.1 Å². The second kappa shape index (κ2) is 11.1. The van der Waals surface area contributed by atoms with Gasteiger partial charge in [0, 0.05) is 29.3 Å². The molecule has 1 saturated heterocycles. The molecule has 3 rings (SSSR count). The van der Waals surface area contributed by atoms with Gasteiger partial charge in [0.25, 0.3) is 0 Å². The van der Waals surface area contributed by atoms with Crippen LogP contribution in [0.2, 0.25) is 0 Å². The van der Waals surface area contributed by atoms with Gasteiger partial charge in [-0.15, -0.1) is 0 Å². The van der Waals surface area contributed by atoms with Crippen molar-refractivity contribution in [3.05, 3.63) is 65.6 Å². The fourth-order valence-electron chi connectivity index (χ4n) is 3.33. The molecule has 184 valence electrons. The number of benzene rings is 2. The number of anilines is 1. The fourth-order valence-corrected chi connectivity index (χ4v) is 4.40. The summed E-state index contributed by atoms with van der Waals surface area (Å²) < 4.78 is 45.8. The molecule has 7 N–H and O–H groups in total. The van der Waals surface area contributed by atoms with Crippen LogP contribution in [0.5, 0.6) is 0 Å². The molecular formula is C22H24F3N3O5S. The van der Waals surface area contributed by atoms with E-state index in [2.05, 4.69) is 10.6 Å². The number of rotatable bonds is 7. The Bertz CT molecular complexity index is 1030. The number of carbonyl (C=O) groups is 1. The highest BCUT2D eigenvalue weighted by molar-refractivity contribution is 7.99. The number of nitrogens with two attached hydrogens (primary N) is 1. The van der Waals surface area contributed by atoms with Crippen molar-refractivity contribution in [1.82, 2.24) is 5.32 Å². The van der Waals surface area contributed by atoms with Crippen LogP contribution in [-0.4, -0.2) is 57.6 Å². The zero-order valence-corrected chi connectivity index (χ0v) is 18.7. The zero-order chi connectivity index (χ0) is 25.0. The Labute approximate surface area is 197 Å². The molecule has 12 heteroatoms. The number of amides is 1. The topological polar surface area (TPSA) is 137 Å². The Balaban J connectivity index is 1.76. The Morgan fingerprint density at radius 2 is 1.76 bits per heavy atom. The minimum Gasteiger partial charge on any atom is -0.397 e. The monoisotopic (exact) mass is 499 g/mol. The first-order chi connectivity index (χ1) is 16.1. The number of hydrogen-bond donors (Lipinski definition) is 6. The number of aliphatic hydroxyl groups is 3. The average molecular weight is 500 g/mol. The summed E-state index contributed by atoms with van der Waals surface area (Å²) in [7, 11) is 0. The minimum atomic E-state index is -1.63. The second-order valence-electron chi connectivity index (χ2n) is 7.58. The van der Waals surface area contributed by atoms with Crippen LogP contribution < -0.4 is 16.4 Å². The molecule has 2 aromatic rings. The van der Waals surface area contributed by atoms with Crippen LogP contribution in [0.4, 0.5) is 18.9 Å². The number of hydrogen-bond acceptors (Lipinski definition) is 8. The normalized spacial score (nSPS) is 25.1. The first-order valence-electron chi connectivity index (χ1n) is 10.1. The van der Waals surface area contributed by atoms with E-state index in [1.54, 1.807) is 24.3 Å². The SMILES string of the molecule is CC(=O)Nc1ccc(SC2OC(CO)C(O)C(N/C=C(\N)c3cc(F)c(F)c(F)c3)C2O)cc1. The van der Waals surface area contributed by atoms with Crippen molar-refractivity contribution in [1.29, 1.82) is 0 Å². The molecule has 5 unspecified atom stereocenters. The number of nitrogens with one attached hydrogen (secondary N) is 2. The molecule has 0 radical (unpaired) electrons. The number of carbonyl (C=O) groups excluding carboxylic acids is 1. The molecule has 5 atom stereocenters. The van der Waals surface area contributed by atoms with Gasteiger partial charge in [-0.25, -0.2) is 13.2 Å². The highest BCUT2D eigenvalue weighted by Gasteiger charge is 2.44. The molecule has 1 aliphatic rings. The molecule has 0 aliphatic carbocycles. The summed E-state index contributed by atoms with van der Waals surface area (Å²) in [6.07, 6.45) is -2.59. The second-order valence-corrected chi connectivity index (χ2v) is 8.75. The van der Waals surface area contributed by atoms with Gasteiger partial charge >= 0.3 is 0 Å². The van der Waals surface area contributed by atoms with Crippen LogP contribution >= 0.6 is 11.8 Å². The first kappa shape index (κ1) is 25.8. The molecule has 1 heterocycles. The molecule has 1 aliphatic heterocycles. The molecule has 34 heavy (non-hydrogen) atoms.